The number of nitrogens with one attached hydrogen (secondary N) is 2. The lowest BCUT2D eigenvalue weighted by Gasteiger charge is -2.22. The lowest BCUT2D eigenvalue weighted by Crippen LogP contribution is -2.47. The summed E-state index contributed by atoms with van der Waals surface area (Å²) in [6.45, 7) is 0.687. The fourth-order valence-electron chi connectivity index (χ4n) is 2.78. The third-order valence-corrected chi connectivity index (χ3v) is 4.75. The molecule has 1 aliphatic rings. The topological polar surface area (TPSA) is 54.9 Å². The normalized spacial score (nSPS) is 16.3. The Balaban J connectivity index is 1.55. The molecule has 5 nitrogen and oxygen atoms in total. The molecule has 3 rings (SSSR count). The van der Waals surface area contributed by atoms with Crippen molar-refractivity contribution in [1.29, 1.82) is 0 Å². The number of nitrogens with zero attached hydrogens (tertiary/aromatic N) is 1. The van der Waals surface area contributed by atoms with Crippen LogP contribution in [0.25, 0.3) is 0 Å². The molecule has 0 bridgehead atoms. The number of aryl methyl sites for hydroxylation is 1. The van der Waals surface area contributed by atoms with Crippen LogP contribution in [-0.2, 0) is 17.4 Å². The average molecular weight is 437 g/mol. The van der Waals surface area contributed by atoms with Crippen molar-refractivity contribution in [3.05, 3.63) is 65.2 Å². The molecule has 1 atom stereocenters. The Hall–Kier alpha value is -2.49. The van der Waals surface area contributed by atoms with Gasteiger partial charge >= 0.3 is 6.18 Å². The second kappa shape index (κ2) is 10.5. The first-order valence-corrected chi connectivity index (χ1v) is 9.93. The van der Waals surface area contributed by atoms with Gasteiger partial charge in [0, 0.05) is 11.8 Å². The number of rotatable bonds is 9. The number of thiocarbonyl (C=S) groups is 1. The Kier molecular flexibility index (Phi) is 7.78. The van der Waals surface area contributed by atoms with E-state index >= 15 is 0 Å². The number of hydroxylamine groups is 1. The summed E-state index contributed by atoms with van der Waals surface area (Å²) in [7, 11) is 0. The predicted molar refractivity (Wildman–Crippen MR) is 113 cm³/mol. The monoisotopic (exact) mass is 437 g/mol. The van der Waals surface area contributed by atoms with Gasteiger partial charge in [-0.2, -0.15) is 23.8 Å². The largest absolute Gasteiger partial charge is 0.493 e. The minimum absolute atomic E-state index is 0.0382. The van der Waals surface area contributed by atoms with E-state index in [1.54, 1.807) is 0 Å². The molecule has 0 aromatic heterocycles. The van der Waals surface area contributed by atoms with Gasteiger partial charge in [-0.1, -0.05) is 42.5 Å². The van der Waals surface area contributed by atoms with E-state index in [-0.39, 0.29) is 29.0 Å². The van der Waals surface area contributed by atoms with Gasteiger partial charge in [-0.25, -0.2) is 0 Å². The number of ether oxygens (including phenoxy) is 1. The summed E-state index contributed by atoms with van der Waals surface area (Å²) in [5.74, 6) is -0.201. The maximum atomic E-state index is 13.5. The Labute approximate surface area is 178 Å². The van der Waals surface area contributed by atoms with Crippen LogP contribution in [0.1, 0.15) is 29.5 Å². The molecule has 1 fully saturated rings. The highest BCUT2D eigenvalue weighted by Gasteiger charge is 2.35. The molecule has 1 saturated heterocycles. The minimum atomic E-state index is -4.55. The van der Waals surface area contributed by atoms with Crippen molar-refractivity contribution in [2.75, 3.05) is 13.2 Å². The van der Waals surface area contributed by atoms with Gasteiger partial charge in [-0.3, -0.25) is 10.3 Å². The molecule has 30 heavy (non-hydrogen) atoms. The number of hydrogen-bond donors (Lipinski definition) is 2. The average Bonchev–Trinajstić information content (AvgIpc) is 2.69. The van der Waals surface area contributed by atoms with Gasteiger partial charge in [0.25, 0.3) is 0 Å². The summed E-state index contributed by atoms with van der Waals surface area (Å²) in [6.07, 6.45) is -0.676. The van der Waals surface area contributed by atoms with Crippen LogP contribution in [0.2, 0.25) is 0 Å². The smallest absolute Gasteiger partial charge is 0.419 e. The number of unbranched alkanes of at least 4 members (excludes halogenated alkanes) is 1. The standard InChI is InChI=1S/C21H22F3N3O2S/c22-21(23,24)18-12-16(20(30)26-25-13-17-14-29-27-17)9-10-19(18)28-11-5-4-8-15-6-2-1-3-7-15/h1-3,6-7,9-10,12-13,17,27H,4-5,8,11,14H2,(H,26,30)/b25-13+. The summed E-state index contributed by atoms with van der Waals surface area (Å²) in [5.41, 5.74) is 5.76. The zero-order valence-electron chi connectivity index (χ0n) is 16.1. The summed E-state index contributed by atoms with van der Waals surface area (Å²) in [4.78, 5) is 4.86. The van der Waals surface area contributed by atoms with Gasteiger partial charge in [0.2, 0.25) is 0 Å². The molecule has 0 aliphatic carbocycles. The van der Waals surface area contributed by atoms with Crippen LogP contribution in [0.4, 0.5) is 13.2 Å². The summed E-state index contributed by atoms with van der Waals surface area (Å²) in [5, 5.41) is 3.91. The molecular formula is C21H22F3N3O2S. The first kappa shape index (κ1) is 22.2. The molecule has 1 aliphatic heterocycles. The SMILES string of the molecule is FC(F)(F)c1cc(C(=S)N/N=C/C2CON2)ccc1OCCCCc1ccccc1. The van der Waals surface area contributed by atoms with Gasteiger partial charge in [-0.05, 0) is 43.0 Å². The van der Waals surface area contributed by atoms with Gasteiger partial charge in [0.15, 0.2) is 0 Å². The fraction of sp³-hybridized carbons (Fsp3) is 0.333. The lowest BCUT2D eigenvalue weighted by molar-refractivity contribution is -0.139. The quantitative estimate of drug-likeness (QED) is 0.266. The molecule has 2 aromatic rings. The maximum absolute atomic E-state index is 13.5. The van der Waals surface area contributed by atoms with Crippen LogP contribution >= 0.6 is 12.2 Å². The maximum Gasteiger partial charge on any atom is 0.419 e. The molecule has 2 aromatic carbocycles. The van der Waals surface area contributed by atoms with Gasteiger partial charge in [0.05, 0.1) is 24.8 Å². The third-order valence-electron chi connectivity index (χ3n) is 4.43. The highest BCUT2D eigenvalue weighted by atomic mass is 32.1. The number of alkyl halides is 3. The van der Waals surface area contributed by atoms with Crippen molar-refractivity contribution in [2.45, 2.75) is 31.5 Å². The fourth-order valence-corrected chi connectivity index (χ4v) is 2.96. The van der Waals surface area contributed by atoms with Crippen LogP contribution in [0.5, 0.6) is 5.75 Å². The molecule has 2 N–H and O–H groups in total. The predicted octanol–water partition coefficient (Wildman–Crippen LogP) is 4.26. The van der Waals surface area contributed by atoms with Gasteiger partial charge in [0.1, 0.15) is 10.7 Å². The zero-order chi connectivity index (χ0) is 21.4. The highest BCUT2D eigenvalue weighted by molar-refractivity contribution is 7.80. The molecule has 160 valence electrons. The molecule has 0 spiro atoms. The molecule has 0 saturated carbocycles. The first-order valence-electron chi connectivity index (χ1n) is 9.52. The minimum Gasteiger partial charge on any atom is -0.493 e. The number of halogens is 3. The molecular weight excluding hydrogens is 415 g/mol. The van der Waals surface area contributed by atoms with Crippen molar-refractivity contribution in [2.24, 2.45) is 5.10 Å². The van der Waals surface area contributed by atoms with E-state index in [0.717, 1.165) is 18.9 Å². The second-order valence-corrected chi connectivity index (χ2v) is 7.16. The molecule has 1 unspecified atom stereocenters. The van der Waals surface area contributed by atoms with E-state index in [2.05, 4.69) is 16.0 Å². The van der Waals surface area contributed by atoms with E-state index in [0.29, 0.717) is 13.0 Å². The van der Waals surface area contributed by atoms with E-state index in [9.17, 15) is 13.2 Å². The van der Waals surface area contributed by atoms with Crippen LogP contribution in [0.3, 0.4) is 0 Å². The Morgan fingerprint density at radius 1 is 1.23 bits per heavy atom. The molecule has 0 amide bonds. The van der Waals surface area contributed by atoms with E-state index in [4.69, 9.17) is 21.8 Å². The van der Waals surface area contributed by atoms with Crippen molar-refractivity contribution in [3.63, 3.8) is 0 Å². The summed E-state index contributed by atoms with van der Waals surface area (Å²) >= 11 is 5.14. The van der Waals surface area contributed by atoms with Crippen molar-refractivity contribution < 1.29 is 22.7 Å². The molecule has 0 radical (unpaired) electrons. The van der Waals surface area contributed by atoms with Crippen LogP contribution < -0.4 is 15.6 Å². The third kappa shape index (κ3) is 6.51. The van der Waals surface area contributed by atoms with Crippen LogP contribution in [0, 0.1) is 0 Å². The molecule has 9 heteroatoms. The first-order chi connectivity index (χ1) is 14.4. The summed E-state index contributed by atoms with van der Waals surface area (Å²) in [6, 6.07) is 13.7. The number of hydrogen-bond acceptors (Lipinski definition) is 5. The van der Waals surface area contributed by atoms with E-state index < -0.39 is 11.7 Å². The van der Waals surface area contributed by atoms with E-state index in [1.165, 1.54) is 23.9 Å². The van der Waals surface area contributed by atoms with Crippen LogP contribution in [-0.4, -0.2) is 30.5 Å². The summed E-state index contributed by atoms with van der Waals surface area (Å²) < 4.78 is 45.9. The Morgan fingerprint density at radius 3 is 2.67 bits per heavy atom. The Bertz CT molecular complexity index is 872. The van der Waals surface area contributed by atoms with Crippen LogP contribution in [0.15, 0.2) is 53.6 Å². The number of benzene rings is 2. The molecule has 1 heterocycles. The number of hydrazone groups is 1. The van der Waals surface area contributed by atoms with Crippen molar-refractivity contribution >= 4 is 23.4 Å². The van der Waals surface area contributed by atoms with E-state index in [1.807, 2.05) is 30.3 Å². The lowest BCUT2D eigenvalue weighted by atomic mass is 10.1. The second-order valence-electron chi connectivity index (χ2n) is 6.75. The van der Waals surface area contributed by atoms with Gasteiger partial charge < -0.3 is 4.74 Å². The van der Waals surface area contributed by atoms with Crippen molar-refractivity contribution in [3.8, 4) is 5.75 Å². The van der Waals surface area contributed by atoms with Crippen molar-refractivity contribution in [1.82, 2.24) is 10.9 Å². The highest BCUT2D eigenvalue weighted by Crippen LogP contribution is 2.37. The zero-order valence-corrected chi connectivity index (χ0v) is 16.9. The van der Waals surface area contributed by atoms with Gasteiger partial charge in [-0.15, -0.1) is 0 Å². The Morgan fingerprint density at radius 2 is 2.00 bits per heavy atom.